The molecule has 0 heterocycles. The topological polar surface area (TPSA) is 86.8 Å². The van der Waals surface area contributed by atoms with Crippen LogP contribution in [0.1, 0.15) is 23.6 Å². The van der Waals surface area contributed by atoms with Gasteiger partial charge >= 0.3 is 0 Å². The van der Waals surface area contributed by atoms with Gasteiger partial charge in [-0.2, -0.15) is 0 Å². The van der Waals surface area contributed by atoms with Crippen LogP contribution in [0, 0.1) is 0 Å². The van der Waals surface area contributed by atoms with E-state index in [1.165, 1.54) is 11.9 Å². The lowest BCUT2D eigenvalue weighted by molar-refractivity contribution is -0.139. The van der Waals surface area contributed by atoms with Gasteiger partial charge in [0.1, 0.15) is 12.6 Å². The molecule has 190 valence electrons. The van der Waals surface area contributed by atoms with Gasteiger partial charge in [0.2, 0.25) is 21.8 Å². The van der Waals surface area contributed by atoms with Gasteiger partial charge in [0.25, 0.3) is 0 Å². The van der Waals surface area contributed by atoms with Crippen molar-refractivity contribution in [2.45, 2.75) is 32.4 Å². The summed E-state index contributed by atoms with van der Waals surface area (Å²) in [5, 5.41) is 2.68. The van der Waals surface area contributed by atoms with Gasteiger partial charge < -0.3 is 10.2 Å². The number of anilines is 1. The van der Waals surface area contributed by atoms with Crippen LogP contribution in [0.4, 0.5) is 5.69 Å². The van der Waals surface area contributed by atoms with E-state index in [1.807, 2.05) is 79.7 Å². The Kier molecular flexibility index (Phi) is 9.25. The number of sulfonamides is 1. The van der Waals surface area contributed by atoms with Gasteiger partial charge in [0, 0.05) is 20.0 Å². The Labute approximate surface area is 213 Å². The highest BCUT2D eigenvalue weighted by Crippen LogP contribution is 2.24. The summed E-state index contributed by atoms with van der Waals surface area (Å²) >= 11 is 0. The molecule has 0 aliphatic rings. The van der Waals surface area contributed by atoms with Gasteiger partial charge in [-0.25, -0.2) is 8.42 Å². The van der Waals surface area contributed by atoms with Crippen molar-refractivity contribution in [3.8, 4) is 0 Å². The van der Waals surface area contributed by atoms with Crippen LogP contribution in [0.5, 0.6) is 0 Å². The predicted octanol–water partition coefficient (Wildman–Crippen LogP) is 3.40. The highest BCUT2D eigenvalue weighted by atomic mass is 32.2. The second kappa shape index (κ2) is 12.4. The Bertz CT molecular complexity index is 1260. The van der Waals surface area contributed by atoms with Crippen molar-refractivity contribution in [3.63, 3.8) is 0 Å². The van der Waals surface area contributed by atoms with Crippen molar-refractivity contribution in [3.05, 3.63) is 102 Å². The lowest BCUT2D eigenvalue weighted by Gasteiger charge is -2.33. The van der Waals surface area contributed by atoms with E-state index >= 15 is 0 Å². The zero-order valence-electron chi connectivity index (χ0n) is 20.9. The van der Waals surface area contributed by atoms with Crippen LogP contribution in [-0.4, -0.2) is 51.0 Å². The van der Waals surface area contributed by atoms with Crippen LogP contribution < -0.4 is 9.62 Å². The molecule has 2 amide bonds. The fourth-order valence-electron chi connectivity index (χ4n) is 4.15. The van der Waals surface area contributed by atoms with E-state index in [1.54, 1.807) is 12.1 Å². The quantitative estimate of drug-likeness (QED) is 0.431. The number of para-hydroxylation sites is 1. The van der Waals surface area contributed by atoms with Crippen LogP contribution >= 0.6 is 0 Å². The number of rotatable bonds is 11. The molecule has 0 bridgehead atoms. The minimum atomic E-state index is -3.78. The van der Waals surface area contributed by atoms with Crippen molar-refractivity contribution >= 4 is 27.5 Å². The zero-order valence-corrected chi connectivity index (χ0v) is 21.7. The Morgan fingerprint density at radius 3 is 1.97 bits per heavy atom. The molecule has 0 unspecified atom stereocenters. The number of carbonyl (C=O) groups is 2. The standard InChI is InChI=1S/C28H33N3O4S/c1-4-24-17-11-12-18-25(24)31(36(3,34)35)21-27(32)30(20-23-15-9-6-10-16-23)26(28(33)29-2)19-22-13-7-5-8-14-22/h5-18,26H,4,19-21H2,1-3H3,(H,29,33)/t26-/m1/s1. The van der Waals surface area contributed by atoms with Crippen molar-refractivity contribution < 1.29 is 18.0 Å². The number of aryl methyl sites for hydroxylation is 1. The molecule has 1 atom stereocenters. The van der Waals surface area contributed by atoms with Gasteiger partial charge in [0.15, 0.2) is 0 Å². The fourth-order valence-corrected chi connectivity index (χ4v) is 5.03. The molecule has 0 spiro atoms. The number of likely N-dealkylation sites (N-methyl/N-ethyl adjacent to an activating group) is 1. The molecule has 7 nitrogen and oxygen atoms in total. The van der Waals surface area contributed by atoms with Gasteiger partial charge in [0.05, 0.1) is 11.9 Å². The third kappa shape index (κ3) is 6.95. The lowest BCUT2D eigenvalue weighted by Crippen LogP contribution is -2.53. The third-order valence-electron chi connectivity index (χ3n) is 6.03. The molecule has 0 aliphatic heterocycles. The summed E-state index contributed by atoms with van der Waals surface area (Å²) in [6, 6.07) is 25.1. The molecule has 36 heavy (non-hydrogen) atoms. The Hall–Kier alpha value is -3.65. The summed E-state index contributed by atoms with van der Waals surface area (Å²) in [4.78, 5) is 28.4. The molecule has 8 heteroatoms. The van der Waals surface area contributed by atoms with E-state index in [0.29, 0.717) is 18.5 Å². The van der Waals surface area contributed by atoms with E-state index in [2.05, 4.69) is 5.32 Å². The number of nitrogens with zero attached hydrogens (tertiary/aromatic N) is 2. The summed E-state index contributed by atoms with van der Waals surface area (Å²) in [5.74, 6) is -0.775. The molecule has 0 aliphatic carbocycles. The molecule has 3 rings (SSSR count). The van der Waals surface area contributed by atoms with Gasteiger partial charge in [-0.05, 0) is 29.2 Å². The molecule has 0 fully saturated rings. The monoisotopic (exact) mass is 507 g/mol. The number of hydrogen-bond donors (Lipinski definition) is 1. The van der Waals surface area contributed by atoms with Gasteiger partial charge in [-0.1, -0.05) is 85.8 Å². The first-order chi connectivity index (χ1) is 17.2. The SMILES string of the molecule is CCc1ccccc1N(CC(=O)N(Cc1ccccc1)[C@H](Cc1ccccc1)C(=O)NC)S(C)(=O)=O. The largest absolute Gasteiger partial charge is 0.357 e. The number of carbonyl (C=O) groups excluding carboxylic acids is 2. The van der Waals surface area contributed by atoms with Gasteiger partial charge in [-0.15, -0.1) is 0 Å². The Morgan fingerprint density at radius 1 is 0.861 bits per heavy atom. The minimum Gasteiger partial charge on any atom is -0.357 e. The minimum absolute atomic E-state index is 0.164. The average Bonchev–Trinajstić information content (AvgIpc) is 2.89. The highest BCUT2D eigenvalue weighted by Gasteiger charge is 2.32. The van der Waals surface area contributed by atoms with Crippen molar-refractivity contribution in [1.29, 1.82) is 0 Å². The van der Waals surface area contributed by atoms with Crippen molar-refractivity contribution in [1.82, 2.24) is 10.2 Å². The van der Waals surface area contributed by atoms with E-state index in [0.717, 1.165) is 27.3 Å². The molecule has 0 saturated carbocycles. The van der Waals surface area contributed by atoms with Crippen LogP contribution in [0.25, 0.3) is 0 Å². The highest BCUT2D eigenvalue weighted by molar-refractivity contribution is 7.92. The maximum Gasteiger partial charge on any atom is 0.244 e. The number of amides is 2. The molecule has 0 aromatic heterocycles. The molecule has 3 aromatic carbocycles. The summed E-state index contributed by atoms with van der Waals surface area (Å²) in [7, 11) is -2.24. The van der Waals surface area contributed by atoms with Gasteiger partial charge in [-0.3, -0.25) is 13.9 Å². The van der Waals surface area contributed by atoms with E-state index in [-0.39, 0.29) is 12.5 Å². The zero-order chi connectivity index (χ0) is 26.1. The first-order valence-electron chi connectivity index (χ1n) is 11.9. The molecule has 0 saturated heterocycles. The molecular formula is C28H33N3O4S. The number of benzene rings is 3. The third-order valence-corrected chi connectivity index (χ3v) is 7.16. The summed E-state index contributed by atoms with van der Waals surface area (Å²) in [6.07, 6.45) is 2.00. The number of nitrogens with one attached hydrogen (secondary N) is 1. The van der Waals surface area contributed by atoms with Crippen molar-refractivity contribution in [2.75, 3.05) is 24.2 Å². The van der Waals surface area contributed by atoms with E-state index < -0.39 is 28.5 Å². The molecule has 1 N–H and O–H groups in total. The predicted molar refractivity (Wildman–Crippen MR) is 143 cm³/mol. The molecule has 3 aromatic rings. The second-order valence-electron chi connectivity index (χ2n) is 8.58. The van der Waals surface area contributed by atoms with Crippen LogP contribution in [0.2, 0.25) is 0 Å². The van der Waals surface area contributed by atoms with Crippen LogP contribution in [-0.2, 0) is 39.0 Å². The van der Waals surface area contributed by atoms with E-state index in [4.69, 9.17) is 0 Å². The maximum atomic E-state index is 13.9. The lowest BCUT2D eigenvalue weighted by atomic mass is 10.0. The molecular weight excluding hydrogens is 474 g/mol. The number of hydrogen-bond acceptors (Lipinski definition) is 4. The van der Waals surface area contributed by atoms with Crippen molar-refractivity contribution in [2.24, 2.45) is 0 Å². The van der Waals surface area contributed by atoms with Crippen LogP contribution in [0.3, 0.4) is 0 Å². The Balaban J connectivity index is 2.03. The summed E-state index contributed by atoms with van der Waals surface area (Å²) in [6.45, 7) is 1.69. The van der Waals surface area contributed by atoms with E-state index in [9.17, 15) is 18.0 Å². The second-order valence-corrected chi connectivity index (χ2v) is 10.5. The molecule has 0 radical (unpaired) electrons. The summed E-state index contributed by atoms with van der Waals surface area (Å²) in [5.41, 5.74) is 3.02. The smallest absolute Gasteiger partial charge is 0.244 e. The fraction of sp³-hybridized carbons (Fsp3) is 0.286. The van der Waals surface area contributed by atoms with Crippen LogP contribution in [0.15, 0.2) is 84.9 Å². The first-order valence-corrected chi connectivity index (χ1v) is 13.7. The first kappa shape index (κ1) is 26.9. The maximum absolute atomic E-state index is 13.9. The summed E-state index contributed by atoms with van der Waals surface area (Å²) < 4.78 is 26.8. The Morgan fingerprint density at radius 2 is 1.42 bits per heavy atom. The average molecular weight is 508 g/mol. The normalized spacial score (nSPS) is 12.0.